The Balaban J connectivity index is 1.56. The highest BCUT2D eigenvalue weighted by Gasteiger charge is 2.30. The molecule has 1 saturated carbocycles. The van der Waals surface area contributed by atoms with Gasteiger partial charge in [-0.3, -0.25) is 0 Å². The van der Waals surface area contributed by atoms with E-state index in [9.17, 15) is 9.90 Å². The average molecular weight is 400 g/mol. The third kappa shape index (κ3) is 5.94. The zero-order valence-electron chi connectivity index (χ0n) is 17.6. The van der Waals surface area contributed by atoms with Gasteiger partial charge in [-0.25, -0.2) is 4.79 Å². The second-order valence-corrected chi connectivity index (χ2v) is 9.29. The Morgan fingerprint density at radius 3 is 2.41 bits per heavy atom. The Morgan fingerprint density at radius 1 is 1.10 bits per heavy atom. The third-order valence-electron chi connectivity index (χ3n) is 6.03. The highest BCUT2D eigenvalue weighted by Crippen LogP contribution is 2.39. The molecule has 0 heterocycles. The largest absolute Gasteiger partial charge is 0.490 e. The standard InChI is InChI=1S/C24H33NO4/c1-24(2,3)19-7-10-20(11-8-19)29-21-9-6-17-12-16(4-5-18(17)13-21)14-25-15-22(26)23(27)28/h4-6,9,12-13,19-20,22,25-26H,7-8,10-11,14-15H2,1-3H3,(H,27,28)/t19-,20-,22?. The number of carbonyl (C=O) groups is 1. The molecule has 0 amide bonds. The number of carboxylic acids is 1. The first-order chi connectivity index (χ1) is 13.7. The molecule has 3 N–H and O–H groups in total. The van der Waals surface area contributed by atoms with Gasteiger partial charge in [0.1, 0.15) is 5.75 Å². The first-order valence-corrected chi connectivity index (χ1v) is 10.5. The maximum atomic E-state index is 10.6. The van der Waals surface area contributed by atoms with E-state index in [1.807, 2.05) is 12.1 Å². The van der Waals surface area contributed by atoms with Crippen LogP contribution in [0.4, 0.5) is 0 Å². The number of aliphatic hydroxyl groups is 1. The van der Waals surface area contributed by atoms with Crippen molar-refractivity contribution >= 4 is 16.7 Å². The van der Waals surface area contributed by atoms with Crippen LogP contribution in [0.15, 0.2) is 36.4 Å². The second-order valence-electron chi connectivity index (χ2n) is 9.29. The minimum atomic E-state index is -1.38. The maximum absolute atomic E-state index is 10.6. The van der Waals surface area contributed by atoms with E-state index in [0.717, 1.165) is 40.8 Å². The van der Waals surface area contributed by atoms with E-state index in [0.29, 0.717) is 18.1 Å². The minimum Gasteiger partial charge on any atom is -0.490 e. The summed E-state index contributed by atoms with van der Waals surface area (Å²) in [6.07, 6.45) is 3.62. The monoisotopic (exact) mass is 399 g/mol. The molecule has 3 rings (SSSR count). The summed E-state index contributed by atoms with van der Waals surface area (Å²) in [4.78, 5) is 10.6. The van der Waals surface area contributed by atoms with Crippen LogP contribution in [0.25, 0.3) is 10.8 Å². The Morgan fingerprint density at radius 2 is 1.76 bits per heavy atom. The second kappa shape index (κ2) is 9.14. The summed E-state index contributed by atoms with van der Waals surface area (Å²) in [5.41, 5.74) is 1.43. The van der Waals surface area contributed by atoms with Crippen molar-refractivity contribution in [2.75, 3.05) is 6.54 Å². The zero-order valence-corrected chi connectivity index (χ0v) is 17.6. The molecular formula is C24H33NO4. The number of benzene rings is 2. The lowest BCUT2D eigenvalue weighted by molar-refractivity contribution is -0.146. The number of hydrogen-bond acceptors (Lipinski definition) is 4. The van der Waals surface area contributed by atoms with Crippen molar-refractivity contribution in [3.63, 3.8) is 0 Å². The van der Waals surface area contributed by atoms with Gasteiger partial charge in [0.25, 0.3) is 0 Å². The molecule has 2 aromatic carbocycles. The molecule has 1 fully saturated rings. The quantitative estimate of drug-likeness (QED) is 0.645. The van der Waals surface area contributed by atoms with Crippen LogP contribution in [0, 0.1) is 11.3 Å². The van der Waals surface area contributed by atoms with E-state index >= 15 is 0 Å². The van der Waals surface area contributed by atoms with E-state index in [1.54, 1.807) is 0 Å². The van der Waals surface area contributed by atoms with Gasteiger partial charge in [-0.05, 0) is 71.6 Å². The Bertz CT molecular complexity index is 834. The normalized spacial score (nSPS) is 21.1. The Hall–Kier alpha value is -2.11. The van der Waals surface area contributed by atoms with Crippen LogP contribution in [-0.4, -0.2) is 34.9 Å². The van der Waals surface area contributed by atoms with Gasteiger partial charge in [0.15, 0.2) is 6.10 Å². The lowest BCUT2D eigenvalue weighted by Gasteiger charge is -2.37. The van der Waals surface area contributed by atoms with E-state index in [4.69, 9.17) is 9.84 Å². The number of carboxylic acid groups (broad SMARTS) is 1. The van der Waals surface area contributed by atoms with Crippen molar-refractivity contribution in [2.45, 2.75) is 65.2 Å². The number of hydrogen-bond donors (Lipinski definition) is 3. The van der Waals surface area contributed by atoms with Crippen molar-refractivity contribution in [3.8, 4) is 5.75 Å². The summed E-state index contributed by atoms with van der Waals surface area (Å²) in [5.74, 6) is 0.491. The van der Waals surface area contributed by atoms with Crippen LogP contribution >= 0.6 is 0 Å². The van der Waals surface area contributed by atoms with E-state index in [-0.39, 0.29) is 6.54 Å². The summed E-state index contributed by atoms with van der Waals surface area (Å²) < 4.78 is 6.27. The lowest BCUT2D eigenvalue weighted by atomic mass is 9.72. The average Bonchev–Trinajstić information content (AvgIpc) is 2.67. The van der Waals surface area contributed by atoms with Gasteiger partial charge in [0.05, 0.1) is 6.10 Å². The maximum Gasteiger partial charge on any atom is 0.333 e. The van der Waals surface area contributed by atoms with Crippen molar-refractivity contribution < 1.29 is 19.7 Å². The van der Waals surface area contributed by atoms with Gasteiger partial charge in [0.2, 0.25) is 0 Å². The minimum absolute atomic E-state index is 0.0254. The summed E-state index contributed by atoms with van der Waals surface area (Å²) in [6.45, 7) is 7.54. The highest BCUT2D eigenvalue weighted by atomic mass is 16.5. The molecule has 0 aliphatic heterocycles. The predicted molar refractivity (Wildman–Crippen MR) is 115 cm³/mol. The van der Waals surface area contributed by atoms with Crippen molar-refractivity contribution in [1.82, 2.24) is 5.32 Å². The van der Waals surface area contributed by atoms with E-state index in [2.05, 4.69) is 50.4 Å². The molecule has 0 aromatic heterocycles. The van der Waals surface area contributed by atoms with Gasteiger partial charge < -0.3 is 20.3 Å². The van der Waals surface area contributed by atoms with Crippen LogP contribution in [0.2, 0.25) is 0 Å². The molecule has 0 saturated heterocycles. The van der Waals surface area contributed by atoms with Crippen LogP contribution in [0.5, 0.6) is 5.75 Å². The molecule has 29 heavy (non-hydrogen) atoms. The smallest absolute Gasteiger partial charge is 0.333 e. The van der Waals surface area contributed by atoms with Gasteiger partial charge in [-0.1, -0.05) is 39.0 Å². The molecule has 5 nitrogen and oxygen atoms in total. The van der Waals surface area contributed by atoms with Gasteiger partial charge in [0, 0.05) is 13.1 Å². The predicted octanol–water partition coefficient (Wildman–Crippen LogP) is 4.36. The van der Waals surface area contributed by atoms with E-state index < -0.39 is 12.1 Å². The van der Waals surface area contributed by atoms with Crippen molar-refractivity contribution in [2.24, 2.45) is 11.3 Å². The lowest BCUT2D eigenvalue weighted by Crippen LogP contribution is -2.32. The van der Waals surface area contributed by atoms with Crippen LogP contribution in [-0.2, 0) is 11.3 Å². The number of ether oxygens (including phenoxy) is 1. The van der Waals surface area contributed by atoms with Crippen LogP contribution in [0.1, 0.15) is 52.0 Å². The van der Waals surface area contributed by atoms with Crippen molar-refractivity contribution in [3.05, 3.63) is 42.0 Å². The zero-order chi connectivity index (χ0) is 21.0. The van der Waals surface area contributed by atoms with Gasteiger partial charge in [-0.2, -0.15) is 0 Å². The number of nitrogens with one attached hydrogen (secondary N) is 1. The summed E-state index contributed by atoms with van der Waals surface area (Å²) in [7, 11) is 0. The SMILES string of the molecule is CC(C)(C)[C@H]1CC[C@H](Oc2ccc3cc(CNCC(O)C(=O)O)ccc3c2)CC1. The Labute approximate surface area is 173 Å². The third-order valence-corrected chi connectivity index (χ3v) is 6.03. The first kappa shape index (κ1) is 21.6. The number of rotatable bonds is 7. The van der Waals surface area contributed by atoms with E-state index in [1.165, 1.54) is 12.8 Å². The molecule has 2 aromatic rings. The van der Waals surface area contributed by atoms with Gasteiger partial charge in [-0.15, -0.1) is 0 Å². The molecule has 5 heteroatoms. The molecule has 1 atom stereocenters. The molecule has 0 spiro atoms. The number of aliphatic hydroxyl groups excluding tert-OH is 1. The van der Waals surface area contributed by atoms with Crippen LogP contribution in [0.3, 0.4) is 0 Å². The summed E-state index contributed by atoms with van der Waals surface area (Å²) in [6, 6.07) is 12.3. The fraction of sp³-hybridized carbons (Fsp3) is 0.542. The van der Waals surface area contributed by atoms with Gasteiger partial charge >= 0.3 is 5.97 Å². The van der Waals surface area contributed by atoms with Crippen molar-refractivity contribution in [1.29, 1.82) is 0 Å². The summed E-state index contributed by atoms with van der Waals surface area (Å²) in [5, 5.41) is 23.2. The molecule has 158 valence electrons. The highest BCUT2D eigenvalue weighted by molar-refractivity contribution is 5.84. The molecule has 1 aliphatic rings. The molecule has 0 bridgehead atoms. The molecule has 1 aliphatic carbocycles. The number of fused-ring (bicyclic) bond motifs is 1. The molecule has 0 radical (unpaired) electrons. The number of aliphatic carboxylic acids is 1. The fourth-order valence-corrected chi connectivity index (χ4v) is 4.14. The fourth-order valence-electron chi connectivity index (χ4n) is 4.14. The topological polar surface area (TPSA) is 78.8 Å². The molecule has 1 unspecified atom stereocenters. The summed E-state index contributed by atoms with van der Waals surface area (Å²) >= 11 is 0. The molecular weight excluding hydrogens is 366 g/mol. The Kier molecular flexibility index (Phi) is 6.81. The first-order valence-electron chi connectivity index (χ1n) is 10.5. The van der Waals surface area contributed by atoms with Crippen LogP contribution < -0.4 is 10.1 Å².